The first-order valence-electron chi connectivity index (χ1n) is 7.69. The Kier molecular flexibility index (Phi) is 6.64. The molecule has 1 aliphatic carbocycles. The lowest BCUT2D eigenvalue weighted by Gasteiger charge is -2.27. The van der Waals surface area contributed by atoms with Crippen molar-refractivity contribution in [2.75, 3.05) is 12.9 Å². The summed E-state index contributed by atoms with van der Waals surface area (Å²) in [6.45, 7) is 3.11. The summed E-state index contributed by atoms with van der Waals surface area (Å²) in [5.41, 5.74) is 0. The van der Waals surface area contributed by atoms with Crippen molar-refractivity contribution < 1.29 is 13.9 Å². The minimum absolute atomic E-state index is 0.0244. The molecule has 0 saturated heterocycles. The van der Waals surface area contributed by atoms with Gasteiger partial charge in [-0.25, -0.2) is 0 Å². The zero-order chi connectivity index (χ0) is 15.1. The maximum absolute atomic E-state index is 11.7. The van der Waals surface area contributed by atoms with Crippen molar-refractivity contribution in [2.45, 2.75) is 50.9 Å². The van der Waals surface area contributed by atoms with Crippen LogP contribution in [0.2, 0.25) is 0 Å². The first kappa shape index (κ1) is 16.4. The van der Waals surface area contributed by atoms with E-state index in [0.717, 1.165) is 49.5 Å². The first-order valence-corrected chi connectivity index (χ1v) is 9.08. The van der Waals surface area contributed by atoms with Gasteiger partial charge in [0.1, 0.15) is 11.5 Å². The maximum atomic E-state index is 11.7. The molecule has 1 aliphatic rings. The van der Waals surface area contributed by atoms with Crippen LogP contribution in [0.3, 0.4) is 0 Å². The number of rotatable bonds is 7. The fraction of sp³-hybridized carbons (Fsp3) is 0.688. The van der Waals surface area contributed by atoms with E-state index in [4.69, 9.17) is 9.15 Å². The van der Waals surface area contributed by atoms with Gasteiger partial charge in [0.25, 0.3) is 0 Å². The lowest BCUT2D eigenvalue weighted by molar-refractivity contribution is -0.149. The summed E-state index contributed by atoms with van der Waals surface area (Å²) in [5.74, 6) is 3.02. The van der Waals surface area contributed by atoms with E-state index in [1.807, 2.05) is 19.1 Å². The van der Waals surface area contributed by atoms with Crippen molar-refractivity contribution in [3.8, 4) is 0 Å². The van der Waals surface area contributed by atoms with E-state index in [2.05, 4.69) is 11.6 Å². The van der Waals surface area contributed by atoms with Gasteiger partial charge in [-0.05, 0) is 51.0 Å². The number of nitrogens with one attached hydrogen (secondary N) is 1. The molecule has 1 aromatic rings. The monoisotopic (exact) mass is 311 g/mol. The van der Waals surface area contributed by atoms with Gasteiger partial charge in [-0.1, -0.05) is 0 Å². The molecule has 0 spiro atoms. The van der Waals surface area contributed by atoms with Crippen molar-refractivity contribution in [2.24, 2.45) is 5.92 Å². The predicted molar refractivity (Wildman–Crippen MR) is 85.1 cm³/mol. The quantitative estimate of drug-likeness (QED) is 0.783. The molecule has 0 radical (unpaired) electrons. The summed E-state index contributed by atoms with van der Waals surface area (Å²) < 4.78 is 10.8. The highest BCUT2D eigenvalue weighted by molar-refractivity contribution is 7.97. The van der Waals surface area contributed by atoms with Gasteiger partial charge in [-0.3, -0.25) is 4.79 Å². The van der Waals surface area contributed by atoms with E-state index in [0.29, 0.717) is 12.6 Å². The molecule has 118 valence electrons. The summed E-state index contributed by atoms with van der Waals surface area (Å²) in [6.07, 6.45) is 5.98. The number of hydrogen-bond acceptors (Lipinski definition) is 5. The second-order valence-electron chi connectivity index (χ2n) is 5.48. The highest BCUT2D eigenvalue weighted by atomic mass is 32.2. The molecule has 1 saturated carbocycles. The van der Waals surface area contributed by atoms with Crippen molar-refractivity contribution >= 4 is 17.7 Å². The normalized spacial score (nSPS) is 22.2. The van der Waals surface area contributed by atoms with E-state index in [1.54, 1.807) is 11.8 Å². The van der Waals surface area contributed by atoms with Crippen LogP contribution in [0.1, 0.15) is 44.1 Å². The number of carbonyl (C=O) groups is 1. The van der Waals surface area contributed by atoms with E-state index in [1.165, 1.54) is 0 Å². The van der Waals surface area contributed by atoms with Crippen LogP contribution in [0.25, 0.3) is 0 Å². The minimum atomic E-state index is -0.0244. The van der Waals surface area contributed by atoms with Crippen LogP contribution >= 0.6 is 11.8 Å². The molecule has 2 rings (SSSR count). The largest absolute Gasteiger partial charge is 0.466 e. The van der Waals surface area contributed by atoms with Gasteiger partial charge < -0.3 is 14.5 Å². The molecule has 4 nitrogen and oxygen atoms in total. The van der Waals surface area contributed by atoms with Gasteiger partial charge >= 0.3 is 5.97 Å². The smallest absolute Gasteiger partial charge is 0.308 e. The number of thioether (sulfide) groups is 1. The highest BCUT2D eigenvalue weighted by Crippen LogP contribution is 2.25. The average molecular weight is 311 g/mol. The SMILES string of the molecule is CCOC(=O)C1CCC(NCc2ccc(CSC)o2)CC1. The van der Waals surface area contributed by atoms with Crippen LogP contribution in [0.4, 0.5) is 0 Å². The Hall–Kier alpha value is -0.940. The average Bonchev–Trinajstić information content (AvgIpc) is 2.94. The molecular weight excluding hydrogens is 286 g/mol. The Morgan fingerprint density at radius 1 is 1.33 bits per heavy atom. The van der Waals surface area contributed by atoms with Crippen LogP contribution in [0.5, 0.6) is 0 Å². The molecule has 0 atom stereocenters. The maximum Gasteiger partial charge on any atom is 0.308 e. The fourth-order valence-electron chi connectivity index (χ4n) is 2.78. The standard InChI is InChI=1S/C16H25NO3S/c1-3-19-16(18)12-4-6-13(7-5-12)17-10-14-8-9-15(20-14)11-21-2/h8-9,12-13,17H,3-7,10-11H2,1-2H3. The van der Waals surface area contributed by atoms with Crippen molar-refractivity contribution in [1.82, 2.24) is 5.32 Å². The fourth-order valence-corrected chi connectivity index (χ4v) is 3.22. The third-order valence-electron chi connectivity index (χ3n) is 3.92. The van der Waals surface area contributed by atoms with Crippen molar-refractivity contribution in [3.05, 3.63) is 23.7 Å². The zero-order valence-corrected chi connectivity index (χ0v) is 13.7. The molecule has 0 bridgehead atoms. The lowest BCUT2D eigenvalue weighted by Crippen LogP contribution is -2.35. The van der Waals surface area contributed by atoms with E-state index >= 15 is 0 Å². The van der Waals surface area contributed by atoms with Crippen LogP contribution in [0, 0.1) is 5.92 Å². The molecule has 0 unspecified atom stereocenters. The molecule has 1 aromatic heterocycles. The number of hydrogen-bond donors (Lipinski definition) is 1. The molecule has 0 amide bonds. The number of ether oxygens (including phenoxy) is 1. The van der Waals surface area contributed by atoms with Gasteiger partial charge in [-0.2, -0.15) is 11.8 Å². The Morgan fingerprint density at radius 3 is 2.71 bits per heavy atom. The lowest BCUT2D eigenvalue weighted by atomic mass is 9.86. The van der Waals surface area contributed by atoms with E-state index in [-0.39, 0.29) is 11.9 Å². The number of esters is 1. The van der Waals surface area contributed by atoms with Crippen LogP contribution in [-0.2, 0) is 21.8 Å². The molecule has 5 heteroatoms. The van der Waals surface area contributed by atoms with Gasteiger partial charge in [-0.15, -0.1) is 0 Å². The van der Waals surface area contributed by atoms with Crippen LogP contribution in [-0.4, -0.2) is 24.9 Å². The van der Waals surface area contributed by atoms with Gasteiger partial charge in [0.15, 0.2) is 0 Å². The second kappa shape index (κ2) is 8.49. The van der Waals surface area contributed by atoms with Gasteiger partial charge in [0.05, 0.1) is 24.8 Å². The Morgan fingerprint density at radius 2 is 2.05 bits per heavy atom. The summed E-state index contributed by atoms with van der Waals surface area (Å²) in [5, 5.41) is 3.53. The van der Waals surface area contributed by atoms with Crippen molar-refractivity contribution in [3.63, 3.8) is 0 Å². The van der Waals surface area contributed by atoms with Crippen molar-refractivity contribution in [1.29, 1.82) is 0 Å². The summed E-state index contributed by atoms with van der Waals surface area (Å²) in [6, 6.07) is 4.57. The Balaban J connectivity index is 1.69. The molecule has 1 heterocycles. The molecule has 1 N–H and O–H groups in total. The molecular formula is C16H25NO3S. The third-order valence-corrected chi connectivity index (χ3v) is 4.49. The minimum Gasteiger partial charge on any atom is -0.466 e. The molecule has 0 aliphatic heterocycles. The molecule has 0 aromatic carbocycles. The molecule has 21 heavy (non-hydrogen) atoms. The zero-order valence-electron chi connectivity index (χ0n) is 12.9. The van der Waals surface area contributed by atoms with Crippen LogP contribution < -0.4 is 5.32 Å². The first-order chi connectivity index (χ1) is 10.2. The number of furan rings is 1. The Bertz CT molecular complexity index is 438. The molecule has 1 fully saturated rings. The topological polar surface area (TPSA) is 51.5 Å². The summed E-state index contributed by atoms with van der Waals surface area (Å²) in [4.78, 5) is 11.7. The summed E-state index contributed by atoms with van der Waals surface area (Å²) >= 11 is 1.76. The van der Waals surface area contributed by atoms with E-state index < -0.39 is 0 Å². The Labute approximate surface area is 131 Å². The van der Waals surface area contributed by atoms with Gasteiger partial charge in [0.2, 0.25) is 0 Å². The predicted octanol–water partition coefficient (Wildman–Crippen LogP) is 3.35. The van der Waals surface area contributed by atoms with Gasteiger partial charge in [0, 0.05) is 6.04 Å². The second-order valence-corrected chi connectivity index (χ2v) is 6.35. The van der Waals surface area contributed by atoms with Crippen LogP contribution in [0.15, 0.2) is 16.5 Å². The summed E-state index contributed by atoms with van der Waals surface area (Å²) in [7, 11) is 0. The number of carbonyl (C=O) groups excluding carboxylic acids is 1. The van der Waals surface area contributed by atoms with E-state index in [9.17, 15) is 4.79 Å². The highest BCUT2D eigenvalue weighted by Gasteiger charge is 2.26. The third kappa shape index (κ3) is 5.08.